The Kier molecular flexibility index (Phi) is 4.32. The summed E-state index contributed by atoms with van der Waals surface area (Å²) >= 11 is 11.8. The molecule has 0 aliphatic rings. The van der Waals surface area contributed by atoms with Crippen molar-refractivity contribution in [2.24, 2.45) is 0 Å². The molecule has 2 aromatic rings. The summed E-state index contributed by atoms with van der Waals surface area (Å²) in [7, 11) is 1.49. The van der Waals surface area contributed by atoms with Crippen molar-refractivity contribution in [1.29, 1.82) is 0 Å². The SMILES string of the molecule is COc1ccc(Cl)cc1NC(=O)c1cc(N)cnc1Cl. The smallest absolute Gasteiger partial charge is 0.258 e. The van der Waals surface area contributed by atoms with E-state index in [2.05, 4.69) is 10.3 Å². The van der Waals surface area contributed by atoms with Crippen molar-refractivity contribution < 1.29 is 9.53 Å². The van der Waals surface area contributed by atoms with Crippen molar-refractivity contribution in [3.8, 4) is 5.75 Å². The number of nitrogens with two attached hydrogens (primary N) is 1. The van der Waals surface area contributed by atoms with Gasteiger partial charge in [0, 0.05) is 5.02 Å². The number of pyridine rings is 1. The fraction of sp³-hybridized carbons (Fsp3) is 0.0769. The Morgan fingerprint density at radius 3 is 2.80 bits per heavy atom. The maximum absolute atomic E-state index is 12.2. The molecule has 1 amide bonds. The molecule has 0 spiro atoms. The van der Waals surface area contributed by atoms with Crippen molar-refractivity contribution >= 4 is 40.5 Å². The lowest BCUT2D eigenvalue weighted by Crippen LogP contribution is -2.14. The number of benzene rings is 1. The van der Waals surface area contributed by atoms with E-state index in [1.54, 1.807) is 18.2 Å². The van der Waals surface area contributed by atoms with Crippen LogP contribution in [0.2, 0.25) is 10.2 Å². The molecule has 0 bridgehead atoms. The number of rotatable bonds is 3. The number of methoxy groups -OCH3 is 1. The maximum atomic E-state index is 12.2. The Bertz CT molecular complexity index is 662. The van der Waals surface area contributed by atoms with E-state index in [1.807, 2.05) is 0 Å². The molecule has 0 fully saturated rings. The largest absolute Gasteiger partial charge is 0.495 e. The first kappa shape index (κ1) is 14.4. The summed E-state index contributed by atoms with van der Waals surface area (Å²) in [5.74, 6) is 0.0334. The molecule has 0 atom stereocenters. The molecule has 1 aromatic heterocycles. The summed E-state index contributed by atoms with van der Waals surface area (Å²) in [6, 6.07) is 6.33. The number of halogens is 2. The number of carbonyl (C=O) groups is 1. The van der Waals surface area contributed by atoms with Crippen LogP contribution in [0.5, 0.6) is 5.75 Å². The van der Waals surface area contributed by atoms with E-state index in [9.17, 15) is 4.79 Å². The summed E-state index contributed by atoms with van der Waals surface area (Å²) in [5.41, 5.74) is 6.55. The third kappa shape index (κ3) is 3.12. The Morgan fingerprint density at radius 2 is 2.10 bits per heavy atom. The fourth-order valence-corrected chi connectivity index (χ4v) is 1.95. The van der Waals surface area contributed by atoms with Crippen LogP contribution >= 0.6 is 23.2 Å². The highest BCUT2D eigenvalue weighted by atomic mass is 35.5. The normalized spacial score (nSPS) is 10.2. The number of hydrogen-bond donors (Lipinski definition) is 2. The molecular formula is C13H11Cl2N3O2. The Morgan fingerprint density at radius 1 is 1.35 bits per heavy atom. The Balaban J connectivity index is 2.32. The molecule has 104 valence electrons. The van der Waals surface area contributed by atoms with Crippen LogP contribution in [0.15, 0.2) is 30.5 Å². The highest BCUT2D eigenvalue weighted by Gasteiger charge is 2.14. The number of nitrogens with zero attached hydrogens (tertiary/aromatic N) is 1. The lowest BCUT2D eigenvalue weighted by molar-refractivity contribution is 0.102. The predicted octanol–water partition coefficient (Wildman–Crippen LogP) is 3.23. The van der Waals surface area contributed by atoms with Crippen LogP contribution in [0.3, 0.4) is 0 Å². The van der Waals surface area contributed by atoms with Crippen LogP contribution in [0, 0.1) is 0 Å². The lowest BCUT2D eigenvalue weighted by Gasteiger charge is -2.11. The van der Waals surface area contributed by atoms with Gasteiger partial charge in [0.05, 0.1) is 30.2 Å². The average Bonchev–Trinajstić information content (AvgIpc) is 2.41. The molecule has 1 aromatic carbocycles. The molecule has 5 nitrogen and oxygen atoms in total. The van der Waals surface area contributed by atoms with Gasteiger partial charge in [0.2, 0.25) is 0 Å². The number of nitrogens with one attached hydrogen (secondary N) is 1. The predicted molar refractivity (Wildman–Crippen MR) is 79.6 cm³/mol. The highest BCUT2D eigenvalue weighted by molar-refractivity contribution is 6.33. The lowest BCUT2D eigenvalue weighted by atomic mass is 10.2. The molecule has 3 N–H and O–H groups in total. The first-order valence-corrected chi connectivity index (χ1v) is 6.32. The van der Waals surface area contributed by atoms with Crippen LogP contribution < -0.4 is 15.8 Å². The maximum Gasteiger partial charge on any atom is 0.258 e. The van der Waals surface area contributed by atoms with Gasteiger partial charge in [0.15, 0.2) is 0 Å². The van der Waals surface area contributed by atoms with Crippen molar-refractivity contribution in [3.63, 3.8) is 0 Å². The number of carbonyl (C=O) groups excluding carboxylic acids is 1. The van der Waals surface area contributed by atoms with E-state index in [0.717, 1.165) is 0 Å². The van der Waals surface area contributed by atoms with Gasteiger partial charge in [-0.2, -0.15) is 0 Å². The highest BCUT2D eigenvalue weighted by Crippen LogP contribution is 2.28. The molecule has 0 radical (unpaired) electrons. The molecule has 20 heavy (non-hydrogen) atoms. The molecule has 2 rings (SSSR count). The van der Waals surface area contributed by atoms with E-state index in [0.29, 0.717) is 22.1 Å². The summed E-state index contributed by atoms with van der Waals surface area (Å²) in [6.45, 7) is 0. The quantitative estimate of drug-likeness (QED) is 0.853. The molecule has 0 saturated carbocycles. The molecule has 0 aliphatic heterocycles. The van der Waals surface area contributed by atoms with Crippen LogP contribution in [0.25, 0.3) is 0 Å². The molecule has 1 heterocycles. The summed E-state index contributed by atoms with van der Waals surface area (Å²) in [6.07, 6.45) is 1.37. The summed E-state index contributed by atoms with van der Waals surface area (Å²) in [4.78, 5) is 16.0. The van der Waals surface area contributed by atoms with Gasteiger partial charge in [-0.15, -0.1) is 0 Å². The molecule has 0 aliphatic carbocycles. The zero-order valence-corrected chi connectivity index (χ0v) is 12.0. The van der Waals surface area contributed by atoms with Gasteiger partial charge in [0.25, 0.3) is 5.91 Å². The van der Waals surface area contributed by atoms with Crippen LogP contribution in [0.4, 0.5) is 11.4 Å². The first-order valence-electron chi connectivity index (χ1n) is 5.57. The minimum Gasteiger partial charge on any atom is -0.495 e. The van der Waals surface area contributed by atoms with Crippen LogP contribution in [0.1, 0.15) is 10.4 Å². The van der Waals surface area contributed by atoms with Crippen molar-refractivity contribution in [3.05, 3.63) is 46.2 Å². The Hall–Kier alpha value is -1.98. The minimum absolute atomic E-state index is 0.0673. The van der Waals surface area contributed by atoms with Gasteiger partial charge in [-0.1, -0.05) is 23.2 Å². The number of ether oxygens (including phenoxy) is 1. The fourth-order valence-electron chi connectivity index (χ4n) is 1.59. The van der Waals surface area contributed by atoms with E-state index in [4.69, 9.17) is 33.7 Å². The van der Waals surface area contributed by atoms with E-state index < -0.39 is 5.91 Å². The summed E-state index contributed by atoms with van der Waals surface area (Å²) < 4.78 is 5.14. The number of amides is 1. The topological polar surface area (TPSA) is 77.2 Å². The molecule has 0 saturated heterocycles. The number of anilines is 2. The van der Waals surface area contributed by atoms with Crippen molar-refractivity contribution in [2.75, 3.05) is 18.2 Å². The molecule has 7 heteroatoms. The number of aromatic nitrogens is 1. The average molecular weight is 312 g/mol. The zero-order chi connectivity index (χ0) is 14.7. The van der Waals surface area contributed by atoms with Gasteiger partial charge < -0.3 is 15.8 Å². The Labute approximate surface area is 125 Å². The second-order valence-corrected chi connectivity index (χ2v) is 4.70. The van der Waals surface area contributed by atoms with Gasteiger partial charge in [-0.3, -0.25) is 4.79 Å². The first-order chi connectivity index (χ1) is 9.51. The third-order valence-electron chi connectivity index (χ3n) is 2.51. The zero-order valence-electron chi connectivity index (χ0n) is 10.5. The van der Waals surface area contributed by atoms with Crippen molar-refractivity contribution in [2.45, 2.75) is 0 Å². The van der Waals surface area contributed by atoms with Gasteiger partial charge in [-0.05, 0) is 24.3 Å². The van der Waals surface area contributed by atoms with E-state index >= 15 is 0 Å². The van der Waals surface area contributed by atoms with Crippen LogP contribution in [-0.4, -0.2) is 18.0 Å². The molecule has 0 unspecified atom stereocenters. The minimum atomic E-state index is -0.449. The molecular weight excluding hydrogens is 301 g/mol. The van der Waals surface area contributed by atoms with Gasteiger partial charge >= 0.3 is 0 Å². The summed E-state index contributed by atoms with van der Waals surface area (Å²) in [5, 5.41) is 3.20. The van der Waals surface area contributed by atoms with Gasteiger partial charge in [-0.25, -0.2) is 4.98 Å². The second-order valence-electron chi connectivity index (χ2n) is 3.91. The monoisotopic (exact) mass is 311 g/mol. The number of hydrogen-bond acceptors (Lipinski definition) is 4. The second kappa shape index (κ2) is 5.98. The standard InChI is InChI=1S/C13H11Cl2N3O2/c1-20-11-3-2-7(14)4-10(11)18-13(19)9-5-8(16)6-17-12(9)15/h2-6H,16H2,1H3,(H,18,19). The third-order valence-corrected chi connectivity index (χ3v) is 3.05. The number of nitrogen functional groups attached to an aromatic ring is 1. The van der Waals surface area contributed by atoms with E-state index in [1.165, 1.54) is 19.4 Å². The van der Waals surface area contributed by atoms with Crippen LogP contribution in [-0.2, 0) is 0 Å². The van der Waals surface area contributed by atoms with E-state index in [-0.39, 0.29) is 10.7 Å². The van der Waals surface area contributed by atoms with Crippen molar-refractivity contribution in [1.82, 2.24) is 4.98 Å². The van der Waals surface area contributed by atoms with Gasteiger partial charge in [0.1, 0.15) is 10.9 Å².